The van der Waals surface area contributed by atoms with Gasteiger partial charge in [0.25, 0.3) is 0 Å². The van der Waals surface area contributed by atoms with E-state index < -0.39 is 41.3 Å². The summed E-state index contributed by atoms with van der Waals surface area (Å²) in [4.78, 5) is 4.49. The van der Waals surface area contributed by atoms with Crippen LogP contribution in [-0.4, -0.2) is 6.21 Å². The third-order valence-electron chi connectivity index (χ3n) is 2.32. The number of hydrogen-bond acceptors (Lipinski definition) is 2. The lowest BCUT2D eigenvalue weighted by atomic mass is 10.2. The van der Waals surface area contributed by atoms with Crippen LogP contribution in [0.3, 0.4) is 0 Å². The summed E-state index contributed by atoms with van der Waals surface area (Å²) in [5.74, 6) is -10.0. The molecule has 0 aliphatic carbocycles. The zero-order valence-corrected chi connectivity index (χ0v) is 10.6. The monoisotopic (exact) mass is 293 g/mol. The van der Waals surface area contributed by atoms with Crippen LogP contribution in [0.25, 0.3) is 0 Å². The van der Waals surface area contributed by atoms with Crippen LogP contribution >= 0.6 is 0 Å². The van der Waals surface area contributed by atoms with E-state index in [0.29, 0.717) is 0 Å². The molecule has 0 saturated carbocycles. The molecule has 110 valence electrons. The molecule has 1 rings (SSSR count). The zero-order valence-electron chi connectivity index (χ0n) is 10.6. The first-order valence-corrected chi connectivity index (χ1v) is 5.81. The normalized spacial score (nSPS) is 11.7. The predicted molar refractivity (Wildman–Crippen MR) is 63.6 cm³/mol. The van der Waals surface area contributed by atoms with Crippen molar-refractivity contribution in [2.75, 3.05) is 0 Å². The molecule has 0 aliphatic heterocycles. The average molecular weight is 293 g/mol. The molecule has 0 aliphatic rings. The van der Waals surface area contributed by atoms with Crippen LogP contribution < -0.4 is 0 Å². The highest BCUT2D eigenvalue weighted by Crippen LogP contribution is 2.23. The molecule has 0 N–H and O–H groups in total. The number of oxime groups is 1. The summed E-state index contributed by atoms with van der Waals surface area (Å²) in [5, 5.41) is 3.32. The van der Waals surface area contributed by atoms with Gasteiger partial charge in [-0.25, -0.2) is 22.0 Å². The minimum absolute atomic E-state index is 0.823. The van der Waals surface area contributed by atoms with Crippen molar-refractivity contribution in [3.63, 3.8) is 0 Å². The van der Waals surface area contributed by atoms with Crippen LogP contribution in [0.5, 0.6) is 0 Å². The summed E-state index contributed by atoms with van der Waals surface area (Å²) in [5.41, 5.74) is -1.06. The topological polar surface area (TPSA) is 21.6 Å². The Morgan fingerprint density at radius 1 is 0.950 bits per heavy atom. The molecule has 0 radical (unpaired) electrons. The van der Waals surface area contributed by atoms with E-state index in [1.807, 2.05) is 6.92 Å². The Labute approximate surface area is 112 Å². The van der Waals surface area contributed by atoms with Crippen molar-refractivity contribution in [1.82, 2.24) is 0 Å². The minimum Gasteiger partial charge on any atom is -0.391 e. The number of rotatable bonds is 6. The molecule has 1 aromatic rings. The zero-order chi connectivity index (χ0) is 15.1. The Balaban J connectivity index is 2.74. The Morgan fingerprint density at radius 3 is 2.05 bits per heavy atom. The first-order chi connectivity index (χ1) is 9.50. The van der Waals surface area contributed by atoms with E-state index in [1.165, 1.54) is 6.21 Å². The van der Waals surface area contributed by atoms with Crippen LogP contribution in [-0.2, 0) is 11.4 Å². The second-order valence-electron chi connectivity index (χ2n) is 3.79. The average Bonchev–Trinajstić information content (AvgIpc) is 2.45. The van der Waals surface area contributed by atoms with E-state index in [1.54, 1.807) is 12.2 Å². The van der Waals surface area contributed by atoms with E-state index in [4.69, 9.17) is 0 Å². The van der Waals surface area contributed by atoms with Crippen LogP contribution in [0.1, 0.15) is 25.3 Å². The van der Waals surface area contributed by atoms with Gasteiger partial charge in [-0.15, -0.1) is 0 Å². The molecular formula is C13H12F5NO. The van der Waals surface area contributed by atoms with Crippen molar-refractivity contribution in [2.45, 2.75) is 26.4 Å². The van der Waals surface area contributed by atoms with Gasteiger partial charge < -0.3 is 4.84 Å². The molecule has 0 saturated heterocycles. The molecule has 7 heteroatoms. The lowest BCUT2D eigenvalue weighted by Gasteiger charge is -2.06. The highest BCUT2D eigenvalue weighted by molar-refractivity contribution is 5.70. The molecule has 1 aromatic carbocycles. The summed E-state index contributed by atoms with van der Waals surface area (Å²) < 4.78 is 64.9. The van der Waals surface area contributed by atoms with Crippen LogP contribution in [0.15, 0.2) is 17.3 Å². The van der Waals surface area contributed by atoms with Gasteiger partial charge >= 0.3 is 0 Å². The number of halogens is 5. The SMILES string of the molecule is CCCC=CC=NOCc1c(F)c(F)c(F)c(F)c1F. The number of hydrogen-bond donors (Lipinski definition) is 0. The molecular weight excluding hydrogens is 281 g/mol. The fourth-order valence-corrected chi connectivity index (χ4v) is 1.28. The Kier molecular flexibility index (Phi) is 6.14. The summed E-state index contributed by atoms with van der Waals surface area (Å²) in [6, 6.07) is 0. The van der Waals surface area contributed by atoms with Crippen molar-refractivity contribution in [3.8, 4) is 0 Å². The molecule has 0 amide bonds. The highest BCUT2D eigenvalue weighted by Gasteiger charge is 2.25. The summed E-state index contributed by atoms with van der Waals surface area (Å²) in [6.07, 6.45) is 6.30. The second-order valence-corrected chi connectivity index (χ2v) is 3.79. The molecule has 0 fully saturated rings. The van der Waals surface area contributed by atoms with E-state index in [9.17, 15) is 22.0 Å². The van der Waals surface area contributed by atoms with Gasteiger partial charge in [0.15, 0.2) is 23.3 Å². The van der Waals surface area contributed by atoms with Gasteiger partial charge in [0, 0.05) is 0 Å². The number of benzene rings is 1. The Hall–Kier alpha value is -1.92. The highest BCUT2D eigenvalue weighted by atomic mass is 19.2. The van der Waals surface area contributed by atoms with Crippen molar-refractivity contribution in [2.24, 2.45) is 5.16 Å². The molecule has 0 unspecified atom stereocenters. The van der Waals surface area contributed by atoms with Gasteiger partial charge in [0.1, 0.15) is 6.61 Å². The van der Waals surface area contributed by atoms with Crippen molar-refractivity contribution < 1.29 is 26.8 Å². The fourth-order valence-electron chi connectivity index (χ4n) is 1.28. The minimum atomic E-state index is -2.20. The van der Waals surface area contributed by atoms with Crippen LogP contribution in [0.2, 0.25) is 0 Å². The second kappa shape index (κ2) is 7.62. The van der Waals surface area contributed by atoms with E-state index >= 15 is 0 Å². The molecule has 20 heavy (non-hydrogen) atoms. The lowest BCUT2D eigenvalue weighted by Crippen LogP contribution is -2.07. The summed E-state index contributed by atoms with van der Waals surface area (Å²) in [7, 11) is 0. The molecule has 0 atom stereocenters. The van der Waals surface area contributed by atoms with E-state index in [2.05, 4.69) is 9.99 Å². The summed E-state index contributed by atoms with van der Waals surface area (Å²) >= 11 is 0. The van der Waals surface area contributed by atoms with Gasteiger partial charge in [-0.1, -0.05) is 24.6 Å². The quantitative estimate of drug-likeness (QED) is 0.253. The predicted octanol–water partition coefficient (Wildman–Crippen LogP) is 4.24. The smallest absolute Gasteiger partial charge is 0.200 e. The maximum absolute atomic E-state index is 13.2. The third-order valence-corrected chi connectivity index (χ3v) is 2.32. The molecule has 0 aromatic heterocycles. The maximum atomic E-state index is 13.2. The first kappa shape index (κ1) is 16.1. The molecule has 0 bridgehead atoms. The van der Waals surface area contributed by atoms with Crippen molar-refractivity contribution >= 4 is 6.21 Å². The van der Waals surface area contributed by atoms with Gasteiger partial charge in [0.2, 0.25) is 5.82 Å². The fraction of sp³-hybridized carbons (Fsp3) is 0.308. The van der Waals surface area contributed by atoms with Gasteiger partial charge in [-0.2, -0.15) is 0 Å². The van der Waals surface area contributed by atoms with Crippen LogP contribution in [0.4, 0.5) is 22.0 Å². The van der Waals surface area contributed by atoms with Crippen molar-refractivity contribution in [1.29, 1.82) is 0 Å². The number of unbranched alkanes of at least 4 members (excludes halogenated alkanes) is 1. The standard InChI is InChI=1S/C13H12F5NO/c1-2-3-4-5-6-19-20-7-8-9(14)11(16)13(18)12(17)10(8)15/h4-6H,2-3,7H2,1H3. The number of allylic oxidation sites excluding steroid dienone is 2. The maximum Gasteiger partial charge on any atom is 0.200 e. The van der Waals surface area contributed by atoms with Gasteiger partial charge in [-0.3, -0.25) is 0 Å². The van der Waals surface area contributed by atoms with E-state index in [-0.39, 0.29) is 0 Å². The largest absolute Gasteiger partial charge is 0.391 e. The first-order valence-electron chi connectivity index (χ1n) is 5.81. The number of nitrogens with zero attached hydrogens (tertiary/aromatic N) is 1. The van der Waals surface area contributed by atoms with E-state index in [0.717, 1.165) is 12.8 Å². The van der Waals surface area contributed by atoms with Crippen molar-refractivity contribution in [3.05, 3.63) is 46.8 Å². The third kappa shape index (κ3) is 3.79. The lowest BCUT2D eigenvalue weighted by molar-refractivity contribution is 0.124. The van der Waals surface area contributed by atoms with Crippen LogP contribution in [0, 0.1) is 29.1 Å². The van der Waals surface area contributed by atoms with Gasteiger partial charge in [-0.05, 0) is 12.5 Å². The summed E-state index contributed by atoms with van der Waals surface area (Å²) in [6.45, 7) is 1.12. The molecule has 2 nitrogen and oxygen atoms in total. The molecule has 0 heterocycles. The Bertz CT molecular complexity index is 499. The molecule has 0 spiro atoms. The Morgan fingerprint density at radius 2 is 1.50 bits per heavy atom. The van der Waals surface area contributed by atoms with Gasteiger partial charge in [0.05, 0.1) is 11.8 Å².